The fourth-order valence-corrected chi connectivity index (χ4v) is 1.92. The van der Waals surface area contributed by atoms with Crippen LogP contribution >= 0.6 is 0 Å². The van der Waals surface area contributed by atoms with Crippen LogP contribution in [0.15, 0.2) is 24.5 Å². The van der Waals surface area contributed by atoms with Crippen LogP contribution in [0, 0.1) is 28.5 Å². The first-order chi connectivity index (χ1) is 9.72. The number of imidazole rings is 1. The smallest absolute Gasteiger partial charge is 0.177 e. The number of benzene rings is 1. The van der Waals surface area contributed by atoms with E-state index in [0.29, 0.717) is 24.3 Å². The van der Waals surface area contributed by atoms with E-state index in [4.69, 9.17) is 10.5 Å². The molecule has 0 bridgehead atoms. The van der Waals surface area contributed by atoms with Crippen molar-refractivity contribution < 1.29 is 4.39 Å². The van der Waals surface area contributed by atoms with Gasteiger partial charge in [0.15, 0.2) is 11.4 Å². The molecule has 1 N–H and O–H groups in total. The van der Waals surface area contributed by atoms with Crippen molar-refractivity contribution in [2.75, 3.05) is 6.54 Å². The minimum Gasteiger partial charge on any atom is -0.313 e. The van der Waals surface area contributed by atoms with Gasteiger partial charge in [0.25, 0.3) is 0 Å². The molecule has 1 aromatic heterocycles. The Balaban J connectivity index is 2.59. The molecule has 1 heterocycles. The standard InChI is InChI=1S/C14H12FN5/c1-2-18-8-10-11(15)4-3-5-13(10)20-9-19-12(6-16)14(20)7-17/h3-5,9,18H,2,8H2,1H3. The second-order valence-corrected chi connectivity index (χ2v) is 4.05. The van der Waals surface area contributed by atoms with Crippen LogP contribution in [0.3, 0.4) is 0 Å². The minimum absolute atomic E-state index is 0.0335. The number of nitrogens with zero attached hydrogens (tertiary/aromatic N) is 4. The molecular formula is C14H12FN5. The van der Waals surface area contributed by atoms with Gasteiger partial charge < -0.3 is 5.32 Å². The summed E-state index contributed by atoms with van der Waals surface area (Å²) < 4.78 is 15.4. The van der Waals surface area contributed by atoms with Crippen LogP contribution in [0.4, 0.5) is 4.39 Å². The number of hydrogen-bond acceptors (Lipinski definition) is 4. The average Bonchev–Trinajstić information content (AvgIpc) is 2.88. The summed E-state index contributed by atoms with van der Waals surface area (Å²) in [5, 5.41) is 21.1. The van der Waals surface area contributed by atoms with E-state index in [1.54, 1.807) is 12.1 Å². The first-order valence-corrected chi connectivity index (χ1v) is 6.09. The Kier molecular flexibility index (Phi) is 4.09. The Bertz CT molecular complexity index is 705. The fourth-order valence-electron chi connectivity index (χ4n) is 1.92. The zero-order chi connectivity index (χ0) is 14.5. The lowest BCUT2D eigenvalue weighted by atomic mass is 10.1. The maximum Gasteiger partial charge on any atom is 0.177 e. The maximum atomic E-state index is 14.0. The predicted octanol–water partition coefficient (Wildman–Crippen LogP) is 1.86. The molecule has 0 aliphatic heterocycles. The highest BCUT2D eigenvalue weighted by molar-refractivity contribution is 5.48. The summed E-state index contributed by atoms with van der Waals surface area (Å²) in [6, 6.07) is 8.40. The van der Waals surface area contributed by atoms with Gasteiger partial charge in [0, 0.05) is 12.1 Å². The zero-order valence-electron chi connectivity index (χ0n) is 10.9. The third kappa shape index (κ3) is 2.37. The molecule has 0 unspecified atom stereocenters. The molecule has 5 nitrogen and oxygen atoms in total. The van der Waals surface area contributed by atoms with Gasteiger partial charge in [-0.25, -0.2) is 9.37 Å². The summed E-state index contributed by atoms with van der Waals surface area (Å²) in [6.07, 6.45) is 1.36. The van der Waals surface area contributed by atoms with Crippen LogP contribution in [0.5, 0.6) is 0 Å². The average molecular weight is 269 g/mol. The van der Waals surface area contributed by atoms with Gasteiger partial charge in [0.05, 0.1) is 5.69 Å². The lowest BCUT2D eigenvalue weighted by Gasteiger charge is -2.12. The molecule has 6 heteroatoms. The van der Waals surface area contributed by atoms with Crippen LogP contribution in [-0.4, -0.2) is 16.1 Å². The molecule has 0 aliphatic rings. The van der Waals surface area contributed by atoms with Crippen molar-refractivity contribution in [2.24, 2.45) is 0 Å². The first-order valence-electron chi connectivity index (χ1n) is 6.09. The van der Waals surface area contributed by atoms with Gasteiger partial charge in [-0.15, -0.1) is 0 Å². The van der Waals surface area contributed by atoms with Crippen LogP contribution in [0.1, 0.15) is 23.9 Å². The van der Waals surface area contributed by atoms with E-state index < -0.39 is 0 Å². The van der Waals surface area contributed by atoms with Crippen molar-refractivity contribution in [1.82, 2.24) is 14.9 Å². The van der Waals surface area contributed by atoms with Crippen LogP contribution in [0.25, 0.3) is 5.69 Å². The highest BCUT2D eigenvalue weighted by Gasteiger charge is 2.16. The third-order valence-electron chi connectivity index (χ3n) is 2.88. The molecule has 20 heavy (non-hydrogen) atoms. The normalized spacial score (nSPS) is 10.0. The summed E-state index contributed by atoms with van der Waals surface area (Å²) in [5.74, 6) is -0.362. The van der Waals surface area contributed by atoms with Crippen LogP contribution in [0.2, 0.25) is 0 Å². The third-order valence-corrected chi connectivity index (χ3v) is 2.88. The molecule has 2 aromatic rings. The topological polar surface area (TPSA) is 77.4 Å². The highest BCUT2D eigenvalue weighted by atomic mass is 19.1. The van der Waals surface area contributed by atoms with Crippen molar-refractivity contribution in [3.8, 4) is 17.8 Å². The summed E-state index contributed by atoms with van der Waals surface area (Å²) >= 11 is 0. The van der Waals surface area contributed by atoms with E-state index >= 15 is 0 Å². The van der Waals surface area contributed by atoms with Crippen molar-refractivity contribution in [1.29, 1.82) is 10.5 Å². The molecule has 2 rings (SSSR count). The molecule has 0 aliphatic carbocycles. The molecule has 0 atom stereocenters. The number of rotatable bonds is 4. The number of aromatic nitrogens is 2. The van der Waals surface area contributed by atoms with E-state index in [9.17, 15) is 4.39 Å². The molecular weight excluding hydrogens is 257 g/mol. The van der Waals surface area contributed by atoms with E-state index in [1.807, 2.05) is 19.1 Å². The zero-order valence-corrected chi connectivity index (χ0v) is 10.9. The van der Waals surface area contributed by atoms with Gasteiger partial charge in [-0.05, 0) is 18.7 Å². The van der Waals surface area contributed by atoms with Gasteiger partial charge in [-0.1, -0.05) is 13.0 Å². The van der Waals surface area contributed by atoms with Crippen LogP contribution in [-0.2, 0) is 6.54 Å². The second kappa shape index (κ2) is 5.96. The summed E-state index contributed by atoms with van der Waals surface area (Å²) in [7, 11) is 0. The van der Waals surface area contributed by atoms with E-state index in [0.717, 1.165) is 0 Å². The monoisotopic (exact) mass is 269 g/mol. The fraction of sp³-hybridized carbons (Fsp3) is 0.214. The minimum atomic E-state index is -0.362. The van der Waals surface area contributed by atoms with Crippen molar-refractivity contribution in [3.05, 3.63) is 47.3 Å². The predicted molar refractivity (Wildman–Crippen MR) is 70.3 cm³/mol. The highest BCUT2D eigenvalue weighted by Crippen LogP contribution is 2.21. The lowest BCUT2D eigenvalue weighted by molar-refractivity contribution is 0.591. The Morgan fingerprint density at radius 1 is 1.35 bits per heavy atom. The Morgan fingerprint density at radius 2 is 2.15 bits per heavy atom. The number of nitrogens with one attached hydrogen (secondary N) is 1. The Hall–Kier alpha value is -2.70. The lowest BCUT2D eigenvalue weighted by Crippen LogP contribution is -2.15. The van der Waals surface area contributed by atoms with E-state index in [1.165, 1.54) is 17.0 Å². The molecule has 0 radical (unpaired) electrons. The van der Waals surface area contributed by atoms with Crippen molar-refractivity contribution >= 4 is 0 Å². The van der Waals surface area contributed by atoms with Gasteiger partial charge in [-0.2, -0.15) is 10.5 Å². The van der Waals surface area contributed by atoms with Gasteiger partial charge >= 0.3 is 0 Å². The van der Waals surface area contributed by atoms with E-state index in [-0.39, 0.29) is 17.2 Å². The molecule has 1 aromatic carbocycles. The van der Waals surface area contributed by atoms with Gasteiger partial charge in [-0.3, -0.25) is 4.57 Å². The van der Waals surface area contributed by atoms with Gasteiger partial charge in [0.1, 0.15) is 24.3 Å². The largest absolute Gasteiger partial charge is 0.313 e. The van der Waals surface area contributed by atoms with Gasteiger partial charge in [0.2, 0.25) is 0 Å². The molecule has 0 saturated heterocycles. The Morgan fingerprint density at radius 3 is 2.80 bits per heavy atom. The SMILES string of the molecule is CCNCc1c(F)cccc1-n1cnc(C#N)c1C#N. The summed E-state index contributed by atoms with van der Waals surface area (Å²) in [4.78, 5) is 3.87. The molecule has 0 amide bonds. The number of halogens is 1. The Labute approximate surface area is 115 Å². The molecule has 0 fully saturated rings. The second-order valence-electron chi connectivity index (χ2n) is 4.05. The molecule has 0 saturated carbocycles. The summed E-state index contributed by atoms with van der Waals surface area (Å²) in [6.45, 7) is 2.96. The van der Waals surface area contributed by atoms with Crippen molar-refractivity contribution in [3.63, 3.8) is 0 Å². The number of hydrogen-bond donors (Lipinski definition) is 1. The first kappa shape index (κ1) is 13.7. The molecule has 0 spiro atoms. The maximum absolute atomic E-state index is 14.0. The summed E-state index contributed by atoms with van der Waals surface area (Å²) in [5.41, 5.74) is 1.09. The van der Waals surface area contributed by atoms with E-state index in [2.05, 4.69) is 10.3 Å². The number of nitriles is 2. The molecule has 100 valence electrons. The van der Waals surface area contributed by atoms with Crippen molar-refractivity contribution in [2.45, 2.75) is 13.5 Å². The quantitative estimate of drug-likeness (QED) is 0.919. The van der Waals surface area contributed by atoms with Crippen LogP contribution < -0.4 is 5.32 Å².